The summed E-state index contributed by atoms with van der Waals surface area (Å²) in [6.07, 6.45) is 2.11. The molecule has 22 heavy (non-hydrogen) atoms. The second kappa shape index (κ2) is 8.64. The number of rotatable bonds is 7. The lowest BCUT2D eigenvalue weighted by atomic mass is 10.2. The van der Waals surface area contributed by atoms with E-state index in [1.54, 1.807) is 11.8 Å². The number of benzene rings is 2. The molecule has 0 fully saturated rings. The van der Waals surface area contributed by atoms with Crippen LogP contribution in [0.4, 0.5) is 5.69 Å². The fourth-order valence-corrected chi connectivity index (χ4v) is 2.95. The van der Waals surface area contributed by atoms with Crippen molar-refractivity contribution in [3.63, 3.8) is 0 Å². The van der Waals surface area contributed by atoms with Crippen molar-refractivity contribution >= 4 is 23.4 Å². The van der Waals surface area contributed by atoms with Crippen LogP contribution in [0.25, 0.3) is 0 Å². The highest BCUT2D eigenvalue weighted by atomic mass is 32.2. The van der Waals surface area contributed by atoms with Crippen LogP contribution < -0.4 is 4.90 Å². The first-order valence-electron chi connectivity index (χ1n) is 7.75. The molecule has 3 heteroatoms. The number of nitrogens with zero attached hydrogens (tertiary/aromatic N) is 1. The topological polar surface area (TPSA) is 20.3 Å². The number of carbonyl (C=O) groups excluding carboxylic acids is 1. The van der Waals surface area contributed by atoms with E-state index < -0.39 is 0 Å². The largest absolute Gasteiger partial charge is 0.312 e. The van der Waals surface area contributed by atoms with Crippen LogP contribution in [0.1, 0.15) is 25.3 Å². The molecule has 116 valence electrons. The molecule has 1 amide bonds. The number of hydrogen-bond acceptors (Lipinski definition) is 2. The average molecular weight is 313 g/mol. The lowest BCUT2D eigenvalue weighted by Gasteiger charge is -2.22. The Labute approximate surface area is 137 Å². The van der Waals surface area contributed by atoms with Crippen LogP contribution in [0.3, 0.4) is 0 Å². The summed E-state index contributed by atoms with van der Waals surface area (Å²) in [6.45, 7) is 5.00. The van der Waals surface area contributed by atoms with Gasteiger partial charge in [0, 0.05) is 17.1 Å². The molecule has 0 aliphatic carbocycles. The summed E-state index contributed by atoms with van der Waals surface area (Å²) in [4.78, 5) is 15.6. The molecular weight excluding hydrogens is 290 g/mol. The van der Waals surface area contributed by atoms with E-state index in [2.05, 4.69) is 38.1 Å². The molecule has 0 aliphatic heterocycles. The summed E-state index contributed by atoms with van der Waals surface area (Å²) in [5, 5.41) is 0. The highest BCUT2D eigenvalue weighted by molar-refractivity contribution is 8.00. The number of amides is 1. The van der Waals surface area contributed by atoms with Gasteiger partial charge in [-0.05, 0) is 37.6 Å². The van der Waals surface area contributed by atoms with Gasteiger partial charge in [-0.2, -0.15) is 0 Å². The van der Waals surface area contributed by atoms with Crippen molar-refractivity contribution in [3.8, 4) is 0 Å². The Morgan fingerprint density at radius 3 is 2.36 bits per heavy atom. The van der Waals surface area contributed by atoms with E-state index in [-0.39, 0.29) is 5.91 Å². The molecule has 0 heterocycles. The Balaban J connectivity index is 2.00. The summed E-state index contributed by atoms with van der Waals surface area (Å²) in [7, 11) is 0. The van der Waals surface area contributed by atoms with Crippen LogP contribution in [0.5, 0.6) is 0 Å². The number of thioether (sulfide) groups is 1. The third kappa shape index (κ3) is 4.92. The van der Waals surface area contributed by atoms with Crippen molar-refractivity contribution < 1.29 is 4.79 Å². The molecule has 0 bridgehead atoms. The molecule has 2 nitrogen and oxygen atoms in total. The molecule has 0 aliphatic rings. The summed E-state index contributed by atoms with van der Waals surface area (Å²) >= 11 is 1.60. The van der Waals surface area contributed by atoms with Crippen LogP contribution in [0.2, 0.25) is 0 Å². The maximum Gasteiger partial charge on any atom is 0.237 e. The molecule has 0 saturated heterocycles. The third-order valence-electron chi connectivity index (χ3n) is 3.49. The van der Waals surface area contributed by atoms with Gasteiger partial charge < -0.3 is 4.90 Å². The smallest absolute Gasteiger partial charge is 0.237 e. The van der Waals surface area contributed by atoms with E-state index in [9.17, 15) is 4.79 Å². The van der Waals surface area contributed by atoms with Crippen LogP contribution in [-0.4, -0.2) is 18.2 Å². The maximum absolute atomic E-state index is 12.6. The highest BCUT2D eigenvalue weighted by Gasteiger charge is 2.15. The molecular formula is C19H23NOS. The van der Waals surface area contributed by atoms with Gasteiger partial charge in [-0.3, -0.25) is 4.79 Å². The number of anilines is 1. The summed E-state index contributed by atoms with van der Waals surface area (Å²) in [5.74, 6) is 0.645. The van der Waals surface area contributed by atoms with Crippen LogP contribution in [0, 0.1) is 6.92 Å². The minimum absolute atomic E-state index is 0.172. The molecule has 0 saturated carbocycles. The van der Waals surface area contributed by atoms with Crippen LogP contribution >= 0.6 is 11.8 Å². The third-order valence-corrected chi connectivity index (χ3v) is 4.48. The molecule has 2 aromatic carbocycles. The first kappa shape index (κ1) is 16.6. The molecule has 2 rings (SSSR count). The Bertz CT molecular complexity index is 580. The summed E-state index contributed by atoms with van der Waals surface area (Å²) < 4.78 is 0. The van der Waals surface area contributed by atoms with Gasteiger partial charge in [-0.25, -0.2) is 0 Å². The van der Waals surface area contributed by atoms with E-state index >= 15 is 0 Å². The molecule has 0 unspecified atom stereocenters. The zero-order valence-electron chi connectivity index (χ0n) is 13.3. The number of hydrogen-bond donors (Lipinski definition) is 0. The van der Waals surface area contributed by atoms with Crippen molar-refractivity contribution in [2.75, 3.05) is 17.2 Å². The van der Waals surface area contributed by atoms with Gasteiger partial charge >= 0.3 is 0 Å². The summed E-state index contributed by atoms with van der Waals surface area (Å²) in [5.41, 5.74) is 2.23. The zero-order valence-corrected chi connectivity index (χ0v) is 14.1. The summed E-state index contributed by atoms with van der Waals surface area (Å²) in [6, 6.07) is 18.3. The minimum atomic E-state index is 0.172. The lowest BCUT2D eigenvalue weighted by Crippen LogP contribution is -2.33. The van der Waals surface area contributed by atoms with E-state index in [4.69, 9.17) is 0 Å². The van der Waals surface area contributed by atoms with Crippen molar-refractivity contribution in [2.24, 2.45) is 0 Å². The first-order chi connectivity index (χ1) is 10.7. The molecule has 0 atom stereocenters. The van der Waals surface area contributed by atoms with E-state index in [1.165, 1.54) is 5.56 Å². The Morgan fingerprint density at radius 2 is 1.73 bits per heavy atom. The molecule has 0 aromatic heterocycles. The fraction of sp³-hybridized carbons (Fsp3) is 0.316. The highest BCUT2D eigenvalue weighted by Crippen LogP contribution is 2.21. The van der Waals surface area contributed by atoms with Gasteiger partial charge in [-0.15, -0.1) is 11.8 Å². The monoisotopic (exact) mass is 313 g/mol. The Morgan fingerprint density at radius 1 is 1.05 bits per heavy atom. The Kier molecular flexibility index (Phi) is 6.53. The zero-order chi connectivity index (χ0) is 15.8. The average Bonchev–Trinajstić information content (AvgIpc) is 2.55. The second-order valence-electron chi connectivity index (χ2n) is 5.34. The van der Waals surface area contributed by atoms with E-state index in [0.717, 1.165) is 30.0 Å². The number of para-hydroxylation sites is 1. The first-order valence-corrected chi connectivity index (χ1v) is 8.74. The van der Waals surface area contributed by atoms with Gasteiger partial charge in [0.1, 0.15) is 0 Å². The number of unbranched alkanes of at least 4 members (excludes halogenated alkanes) is 1. The second-order valence-corrected chi connectivity index (χ2v) is 6.38. The molecule has 2 aromatic rings. The van der Waals surface area contributed by atoms with Crippen LogP contribution in [0.15, 0.2) is 59.5 Å². The normalized spacial score (nSPS) is 10.5. The van der Waals surface area contributed by atoms with Gasteiger partial charge in [-0.1, -0.05) is 49.2 Å². The minimum Gasteiger partial charge on any atom is -0.312 e. The van der Waals surface area contributed by atoms with Crippen molar-refractivity contribution in [3.05, 3.63) is 60.2 Å². The SMILES string of the molecule is CCCCN(C(=O)CSc1ccc(C)cc1)c1ccccc1. The molecule has 0 spiro atoms. The Hall–Kier alpha value is -1.74. The number of aryl methyl sites for hydroxylation is 1. The predicted molar refractivity (Wildman–Crippen MR) is 95.6 cm³/mol. The van der Waals surface area contributed by atoms with Gasteiger partial charge in [0.25, 0.3) is 0 Å². The maximum atomic E-state index is 12.6. The van der Waals surface area contributed by atoms with Gasteiger partial charge in [0.2, 0.25) is 5.91 Å². The standard InChI is InChI=1S/C19H23NOS/c1-3-4-14-20(17-8-6-5-7-9-17)19(21)15-22-18-12-10-16(2)11-13-18/h5-13H,3-4,14-15H2,1-2H3. The molecule has 0 radical (unpaired) electrons. The fourth-order valence-electron chi connectivity index (χ4n) is 2.18. The number of carbonyl (C=O) groups is 1. The molecule has 0 N–H and O–H groups in total. The van der Waals surface area contributed by atoms with E-state index in [1.807, 2.05) is 35.2 Å². The lowest BCUT2D eigenvalue weighted by molar-refractivity contribution is -0.116. The van der Waals surface area contributed by atoms with Crippen LogP contribution in [-0.2, 0) is 4.79 Å². The predicted octanol–water partition coefficient (Wildman–Crippen LogP) is 4.92. The van der Waals surface area contributed by atoms with Gasteiger partial charge in [0.15, 0.2) is 0 Å². The van der Waals surface area contributed by atoms with E-state index in [0.29, 0.717) is 5.75 Å². The van der Waals surface area contributed by atoms with Crippen molar-refractivity contribution in [1.82, 2.24) is 0 Å². The van der Waals surface area contributed by atoms with Gasteiger partial charge in [0.05, 0.1) is 5.75 Å². The quantitative estimate of drug-likeness (QED) is 0.676. The van der Waals surface area contributed by atoms with Crippen molar-refractivity contribution in [1.29, 1.82) is 0 Å². The van der Waals surface area contributed by atoms with Crippen molar-refractivity contribution in [2.45, 2.75) is 31.6 Å².